The largest absolute Gasteiger partial charge is 0.480 e. The van der Waals surface area contributed by atoms with Crippen molar-refractivity contribution >= 4 is 11.9 Å². The highest BCUT2D eigenvalue weighted by molar-refractivity contribution is 5.93. The molecule has 21 heavy (non-hydrogen) atoms. The zero-order valence-corrected chi connectivity index (χ0v) is 13.1. The molecular weight excluding hydrogens is 272 g/mol. The molecule has 0 spiro atoms. The Morgan fingerprint density at radius 3 is 2.38 bits per heavy atom. The highest BCUT2D eigenvalue weighted by Crippen LogP contribution is 2.23. The molecule has 1 N–H and O–H groups in total. The van der Waals surface area contributed by atoms with Gasteiger partial charge in [-0.25, -0.2) is 0 Å². The third-order valence-corrected chi connectivity index (χ3v) is 3.83. The molecule has 0 aliphatic heterocycles. The molecule has 1 unspecified atom stereocenters. The van der Waals surface area contributed by atoms with Crippen LogP contribution in [0.2, 0.25) is 0 Å². The molecule has 118 valence electrons. The molecule has 1 aromatic rings. The average molecular weight is 296 g/mol. The number of carbonyl (C=O) groups is 2. The van der Waals surface area contributed by atoms with Crippen LogP contribution in [0.25, 0.3) is 0 Å². The zero-order chi connectivity index (χ0) is 16.0. The monoisotopic (exact) mass is 296 g/mol. The number of aromatic nitrogens is 1. The van der Waals surface area contributed by atoms with Crippen LogP contribution in [0, 0.1) is 0 Å². The Kier molecular flexibility index (Phi) is 6.39. The second kappa shape index (κ2) is 7.81. The topological polar surface area (TPSA) is 83.6 Å². The minimum atomic E-state index is -1.04. The number of hydrogen-bond acceptors (Lipinski definition) is 4. The summed E-state index contributed by atoms with van der Waals surface area (Å²) < 4.78 is 5.13. The van der Waals surface area contributed by atoms with Gasteiger partial charge in [-0.3, -0.25) is 9.59 Å². The van der Waals surface area contributed by atoms with Crippen LogP contribution >= 0.6 is 0 Å². The summed E-state index contributed by atoms with van der Waals surface area (Å²) in [7, 11) is 0. The van der Waals surface area contributed by atoms with Crippen molar-refractivity contribution in [1.82, 2.24) is 10.1 Å². The lowest BCUT2D eigenvalue weighted by molar-refractivity contribution is -0.138. The van der Waals surface area contributed by atoms with Crippen LogP contribution in [-0.4, -0.2) is 39.6 Å². The Labute approximate surface area is 125 Å². The maximum Gasteiger partial charge on any atom is 0.323 e. The number of hydrogen-bond donors (Lipinski definition) is 1. The molecule has 1 heterocycles. The third kappa shape index (κ3) is 4.31. The van der Waals surface area contributed by atoms with Gasteiger partial charge in [0, 0.05) is 18.0 Å². The van der Waals surface area contributed by atoms with Crippen LogP contribution in [-0.2, 0) is 4.79 Å². The van der Waals surface area contributed by atoms with Crippen LogP contribution in [0.4, 0.5) is 0 Å². The van der Waals surface area contributed by atoms with Crippen LogP contribution in [0.5, 0.6) is 0 Å². The van der Waals surface area contributed by atoms with Gasteiger partial charge >= 0.3 is 5.97 Å². The number of nitrogens with zero attached hydrogens (tertiary/aromatic N) is 2. The fourth-order valence-electron chi connectivity index (χ4n) is 2.22. The first-order valence-electron chi connectivity index (χ1n) is 7.43. The summed E-state index contributed by atoms with van der Waals surface area (Å²) in [4.78, 5) is 24.7. The van der Waals surface area contributed by atoms with Crippen molar-refractivity contribution in [3.63, 3.8) is 0 Å². The van der Waals surface area contributed by atoms with E-state index in [9.17, 15) is 9.59 Å². The molecule has 6 heteroatoms. The van der Waals surface area contributed by atoms with Crippen LogP contribution in [0.1, 0.15) is 69.1 Å². The molecular formula is C15H24N2O4. The number of amides is 1. The predicted octanol–water partition coefficient (Wildman–Crippen LogP) is 2.90. The summed E-state index contributed by atoms with van der Waals surface area (Å²) in [6.07, 6.45) is 2.51. The van der Waals surface area contributed by atoms with E-state index in [1.54, 1.807) is 6.07 Å². The lowest BCUT2D eigenvalue weighted by atomic mass is 9.99. The van der Waals surface area contributed by atoms with E-state index in [1.807, 2.05) is 13.8 Å². The Bertz CT molecular complexity index is 480. The van der Waals surface area contributed by atoms with E-state index in [0.29, 0.717) is 6.42 Å². The third-order valence-electron chi connectivity index (χ3n) is 3.83. The molecule has 0 saturated carbocycles. The first-order chi connectivity index (χ1) is 9.94. The summed E-state index contributed by atoms with van der Waals surface area (Å²) in [6, 6.07) is 1.47. The van der Waals surface area contributed by atoms with Crippen molar-refractivity contribution in [2.45, 2.75) is 58.9 Å². The number of aliphatic carboxylic acids is 1. The summed E-state index contributed by atoms with van der Waals surface area (Å²) in [5.41, 5.74) is 0.753. The van der Waals surface area contributed by atoms with E-state index < -0.39 is 11.9 Å². The molecule has 0 bridgehead atoms. The van der Waals surface area contributed by atoms with Crippen molar-refractivity contribution in [2.75, 3.05) is 6.54 Å². The van der Waals surface area contributed by atoms with Crippen molar-refractivity contribution in [1.29, 1.82) is 0 Å². The summed E-state index contributed by atoms with van der Waals surface area (Å²) in [6.45, 7) is 7.50. The van der Waals surface area contributed by atoms with Crippen molar-refractivity contribution in [2.24, 2.45) is 0 Å². The Balaban J connectivity index is 2.96. The van der Waals surface area contributed by atoms with Gasteiger partial charge in [-0.15, -0.1) is 0 Å². The Morgan fingerprint density at radius 1 is 1.29 bits per heavy atom. The molecule has 0 aromatic carbocycles. The molecule has 1 rings (SSSR count). The summed E-state index contributed by atoms with van der Waals surface area (Å²) >= 11 is 0. The SMILES string of the molecule is CCC(CC)c1cc(C(=O)N(CC(=O)O)C(C)CC)on1. The molecule has 6 nitrogen and oxygen atoms in total. The smallest absolute Gasteiger partial charge is 0.323 e. The molecule has 1 aromatic heterocycles. The van der Waals surface area contributed by atoms with Crippen molar-refractivity contribution in [3.05, 3.63) is 17.5 Å². The van der Waals surface area contributed by atoms with Gasteiger partial charge < -0.3 is 14.5 Å². The second-order valence-corrected chi connectivity index (χ2v) is 5.21. The molecule has 0 fully saturated rings. The van der Waals surface area contributed by atoms with E-state index >= 15 is 0 Å². The van der Waals surface area contributed by atoms with Crippen LogP contribution < -0.4 is 0 Å². The van der Waals surface area contributed by atoms with Gasteiger partial charge in [-0.05, 0) is 26.2 Å². The Hall–Kier alpha value is -1.85. The van der Waals surface area contributed by atoms with Gasteiger partial charge in [0.2, 0.25) is 5.76 Å². The summed E-state index contributed by atoms with van der Waals surface area (Å²) in [5.74, 6) is -1.09. The van der Waals surface area contributed by atoms with Gasteiger partial charge in [0.25, 0.3) is 5.91 Å². The lowest BCUT2D eigenvalue weighted by Gasteiger charge is -2.25. The molecule has 0 aliphatic rings. The molecule has 1 amide bonds. The van der Waals surface area contributed by atoms with Crippen molar-refractivity contribution < 1.29 is 19.2 Å². The van der Waals surface area contributed by atoms with E-state index in [0.717, 1.165) is 18.5 Å². The van der Waals surface area contributed by atoms with Crippen LogP contribution in [0.15, 0.2) is 10.6 Å². The van der Waals surface area contributed by atoms with Gasteiger partial charge in [-0.2, -0.15) is 0 Å². The second-order valence-electron chi connectivity index (χ2n) is 5.21. The molecule has 0 radical (unpaired) electrons. The van der Waals surface area contributed by atoms with Gasteiger partial charge in [0.15, 0.2) is 0 Å². The first-order valence-corrected chi connectivity index (χ1v) is 7.43. The molecule has 0 aliphatic carbocycles. The van der Waals surface area contributed by atoms with Gasteiger partial charge in [0.05, 0.1) is 5.69 Å². The van der Waals surface area contributed by atoms with E-state index in [4.69, 9.17) is 9.63 Å². The lowest BCUT2D eigenvalue weighted by Crippen LogP contribution is -2.41. The maximum atomic E-state index is 12.4. The number of carboxylic acids is 1. The standard InChI is InChI=1S/C15H24N2O4/c1-5-10(4)17(9-14(18)19)15(20)13-8-12(16-21-13)11(6-2)7-3/h8,10-11H,5-7,9H2,1-4H3,(H,18,19). The Morgan fingerprint density at radius 2 is 1.90 bits per heavy atom. The first kappa shape index (κ1) is 17.2. The van der Waals surface area contributed by atoms with Crippen molar-refractivity contribution in [3.8, 4) is 0 Å². The highest BCUT2D eigenvalue weighted by Gasteiger charge is 2.27. The maximum absolute atomic E-state index is 12.4. The van der Waals surface area contributed by atoms with E-state index in [-0.39, 0.29) is 24.3 Å². The number of carbonyl (C=O) groups excluding carboxylic acids is 1. The van der Waals surface area contributed by atoms with E-state index in [1.165, 1.54) is 4.90 Å². The quantitative estimate of drug-likeness (QED) is 0.797. The predicted molar refractivity (Wildman–Crippen MR) is 78.3 cm³/mol. The number of rotatable bonds is 8. The molecule has 1 atom stereocenters. The highest BCUT2D eigenvalue weighted by atomic mass is 16.5. The average Bonchev–Trinajstić information content (AvgIpc) is 2.94. The number of carboxylic acid groups (broad SMARTS) is 1. The fourth-order valence-corrected chi connectivity index (χ4v) is 2.22. The normalized spacial score (nSPS) is 12.4. The van der Waals surface area contributed by atoms with Gasteiger partial charge in [0.1, 0.15) is 6.54 Å². The fraction of sp³-hybridized carbons (Fsp3) is 0.667. The molecule has 0 saturated heterocycles. The van der Waals surface area contributed by atoms with Crippen LogP contribution in [0.3, 0.4) is 0 Å². The van der Waals surface area contributed by atoms with Gasteiger partial charge in [-0.1, -0.05) is 25.9 Å². The minimum Gasteiger partial charge on any atom is -0.480 e. The zero-order valence-electron chi connectivity index (χ0n) is 13.1. The summed E-state index contributed by atoms with van der Waals surface area (Å²) in [5, 5.41) is 12.9. The minimum absolute atomic E-state index is 0.110. The van der Waals surface area contributed by atoms with E-state index in [2.05, 4.69) is 19.0 Å².